The van der Waals surface area contributed by atoms with Gasteiger partial charge in [0.15, 0.2) is 29.4 Å². The lowest BCUT2D eigenvalue weighted by atomic mass is 10.1. The van der Waals surface area contributed by atoms with Gasteiger partial charge in [0.2, 0.25) is 0 Å². The first-order chi connectivity index (χ1) is 14.7. The Hall–Kier alpha value is -2.80. The predicted octanol–water partition coefficient (Wildman–Crippen LogP) is 0.751. The first-order valence-corrected chi connectivity index (χ1v) is 10.7. The number of anilines is 1. The summed E-state index contributed by atoms with van der Waals surface area (Å²) in [5, 5.41) is 12.7. The molecule has 1 aromatic carbocycles. The third-order valence-electron chi connectivity index (χ3n) is 4.62. The van der Waals surface area contributed by atoms with Gasteiger partial charge >= 0.3 is 7.75 Å². The number of benzene rings is 1. The van der Waals surface area contributed by atoms with Crippen LogP contribution in [-0.2, 0) is 13.8 Å². The highest BCUT2D eigenvalue weighted by Gasteiger charge is 2.46. The number of carbonyl (C=O) groups excluding carboxylic acids is 1. The summed E-state index contributed by atoms with van der Waals surface area (Å²) in [4.78, 5) is 33.7. The maximum absolute atomic E-state index is 14.7. The number of imidazole rings is 1. The van der Waals surface area contributed by atoms with Crippen LogP contribution in [0.25, 0.3) is 11.2 Å². The van der Waals surface area contributed by atoms with Crippen molar-refractivity contribution in [1.82, 2.24) is 19.5 Å². The number of ether oxygens (including phenoxy) is 1. The van der Waals surface area contributed by atoms with Crippen molar-refractivity contribution < 1.29 is 33.0 Å². The SMILES string of the molecule is NP(=O)(O)OC[C@H]1O[C@@H](n2cnc3c(NC(=O)c4ccccc4)ncnc32)[C@H](F)[C@@H]1O. The van der Waals surface area contributed by atoms with E-state index in [1.165, 1.54) is 10.9 Å². The summed E-state index contributed by atoms with van der Waals surface area (Å²) < 4.78 is 37.0. The zero-order valence-electron chi connectivity index (χ0n) is 15.8. The van der Waals surface area contributed by atoms with Crippen molar-refractivity contribution in [3.8, 4) is 0 Å². The summed E-state index contributed by atoms with van der Waals surface area (Å²) >= 11 is 0. The van der Waals surface area contributed by atoms with Crippen LogP contribution in [0.2, 0.25) is 0 Å². The number of amides is 1. The van der Waals surface area contributed by atoms with Crippen LogP contribution in [0.3, 0.4) is 0 Å². The average molecular weight is 452 g/mol. The van der Waals surface area contributed by atoms with E-state index in [1.807, 2.05) is 0 Å². The summed E-state index contributed by atoms with van der Waals surface area (Å²) in [6.07, 6.45) is -3.77. The van der Waals surface area contributed by atoms with Crippen LogP contribution in [-0.4, -0.2) is 60.4 Å². The minimum Gasteiger partial charge on any atom is -0.387 e. The van der Waals surface area contributed by atoms with Gasteiger partial charge in [-0.3, -0.25) is 13.9 Å². The highest BCUT2D eigenvalue weighted by atomic mass is 31.2. The number of nitrogens with zero attached hydrogens (tertiary/aromatic N) is 4. The number of nitrogens with one attached hydrogen (secondary N) is 1. The lowest BCUT2D eigenvalue weighted by Crippen LogP contribution is -2.31. The molecule has 1 aliphatic rings. The summed E-state index contributed by atoms with van der Waals surface area (Å²) in [5.74, 6) is -0.311. The molecule has 5 atom stereocenters. The molecule has 1 fully saturated rings. The Morgan fingerprint density at radius 3 is 2.77 bits per heavy atom. The number of aliphatic hydroxyl groups excluding tert-OH is 1. The fraction of sp³-hybridized carbons (Fsp3) is 0.294. The molecule has 12 nitrogen and oxygen atoms in total. The molecule has 0 spiro atoms. The van der Waals surface area contributed by atoms with Gasteiger partial charge < -0.3 is 20.1 Å². The minimum absolute atomic E-state index is 0.107. The molecule has 3 heterocycles. The molecular formula is C17H18FN6O6P. The van der Waals surface area contributed by atoms with Gasteiger partial charge in [-0.2, -0.15) is 0 Å². The number of nitrogens with two attached hydrogens (primary N) is 1. The number of hydrogen-bond donors (Lipinski definition) is 4. The molecule has 3 aromatic rings. The molecule has 31 heavy (non-hydrogen) atoms. The molecule has 1 aliphatic heterocycles. The third kappa shape index (κ3) is 4.46. The smallest absolute Gasteiger partial charge is 0.387 e. The number of carbonyl (C=O) groups is 1. The van der Waals surface area contributed by atoms with Gasteiger partial charge in [0.25, 0.3) is 5.91 Å². The van der Waals surface area contributed by atoms with Gasteiger partial charge in [0.1, 0.15) is 18.5 Å². The van der Waals surface area contributed by atoms with Crippen molar-refractivity contribution >= 4 is 30.6 Å². The lowest BCUT2D eigenvalue weighted by Gasteiger charge is -2.16. The monoisotopic (exact) mass is 452 g/mol. The number of aliphatic hydroxyl groups is 1. The number of halogens is 1. The van der Waals surface area contributed by atoms with Gasteiger partial charge in [-0.25, -0.2) is 29.4 Å². The zero-order valence-corrected chi connectivity index (χ0v) is 16.7. The van der Waals surface area contributed by atoms with E-state index in [9.17, 15) is 18.9 Å². The quantitative estimate of drug-likeness (QED) is 0.391. The maximum atomic E-state index is 14.7. The highest BCUT2D eigenvalue weighted by molar-refractivity contribution is 7.50. The first kappa shape index (κ1) is 21.4. The van der Waals surface area contributed by atoms with Gasteiger partial charge in [-0.1, -0.05) is 18.2 Å². The Morgan fingerprint density at radius 1 is 1.32 bits per heavy atom. The molecular weight excluding hydrogens is 434 g/mol. The molecule has 1 unspecified atom stereocenters. The van der Waals surface area contributed by atoms with E-state index >= 15 is 0 Å². The largest absolute Gasteiger partial charge is 0.400 e. The Morgan fingerprint density at radius 2 is 2.06 bits per heavy atom. The van der Waals surface area contributed by atoms with Crippen molar-refractivity contribution in [2.45, 2.75) is 24.6 Å². The van der Waals surface area contributed by atoms with Crippen molar-refractivity contribution in [2.24, 2.45) is 5.50 Å². The van der Waals surface area contributed by atoms with Gasteiger partial charge in [-0.15, -0.1) is 0 Å². The molecule has 2 aromatic heterocycles. The number of alkyl halides is 1. The average Bonchev–Trinajstić information content (AvgIpc) is 3.29. The van der Waals surface area contributed by atoms with Crippen LogP contribution >= 0.6 is 7.75 Å². The standard InChI is InChI=1S/C17H18FN6O6P/c18-11-13(25)10(6-29-31(19,27)28)30-17(11)24-8-22-12-14(20-7-21-15(12)24)23-16(26)9-4-2-1-3-5-9/h1-5,7-8,10-11,13,17,25H,6H2,(H3,19,27,28)(H,20,21,23,26)/t10-,11-,13-,17-/m1/s1. The van der Waals surface area contributed by atoms with Gasteiger partial charge in [0, 0.05) is 5.56 Å². The summed E-state index contributed by atoms with van der Waals surface area (Å²) in [5.41, 5.74) is 5.62. The van der Waals surface area contributed by atoms with Crippen molar-refractivity contribution in [3.05, 3.63) is 48.5 Å². The van der Waals surface area contributed by atoms with E-state index in [-0.39, 0.29) is 17.0 Å². The topological polar surface area (TPSA) is 175 Å². The second-order valence-electron chi connectivity index (χ2n) is 6.73. The normalized spacial score (nSPS) is 25.4. The Balaban J connectivity index is 1.58. The van der Waals surface area contributed by atoms with Crippen molar-refractivity contribution in [3.63, 3.8) is 0 Å². The van der Waals surface area contributed by atoms with E-state index < -0.39 is 44.9 Å². The fourth-order valence-electron chi connectivity index (χ4n) is 3.14. The van der Waals surface area contributed by atoms with Crippen LogP contribution in [0.5, 0.6) is 0 Å². The van der Waals surface area contributed by atoms with Crippen LogP contribution in [0.1, 0.15) is 16.6 Å². The Labute approximate surface area is 174 Å². The molecule has 0 saturated carbocycles. The molecule has 0 bridgehead atoms. The summed E-state index contributed by atoms with van der Waals surface area (Å²) in [7, 11) is -4.32. The van der Waals surface area contributed by atoms with E-state index in [1.54, 1.807) is 30.3 Å². The zero-order chi connectivity index (χ0) is 22.2. The van der Waals surface area contributed by atoms with E-state index in [2.05, 4.69) is 24.8 Å². The van der Waals surface area contributed by atoms with E-state index in [0.29, 0.717) is 5.56 Å². The summed E-state index contributed by atoms with van der Waals surface area (Å²) in [6, 6.07) is 8.45. The van der Waals surface area contributed by atoms with Gasteiger partial charge in [0.05, 0.1) is 12.9 Å². The summed E-state index contributed by atoms with van der Waals surface area (Å²) in [6.45, 7) is -0.595. The molecule has 0 aliphatic carbocycles. The fourth-order valence-corrected chi connectivity index (χ4v) is 3.50. The van der Waals surface area contributed by atoms with Crippen LogP contribution in [0, 0.1) is 0 Å². The minimum atomic E-state index is -4.32. The number of rotatable bonds is 6. The Bertz CT molecular complexity index is 1140. The number of aromatic nitrogens is 4. The molecule has 14 heteroatoms. The van der Waals surface area contributed by atoms with Gasteiger partial charge in [-0.05, 0) is 12.1 Å². The van der Waals surface area contributed by atoms with E-state index in [4.69, 9.17) is 15.1 Å². The molecule has 1 amide bonds. The van der Waals surface area contributed by atoms with Crippen LogP contribution in [0.4, 0.5) is 10.2 Å². The maximum Gasteiger partial charge on any atom is 0.400 e. The predicted molar refractivity (Wildman–Crippen MR) is 104 cm³/mol. The molecule has 0 radical (unpaired) electrons. The highest BCUT2D eigenvalue weighted by Crippen LogP contribution is 2.37. The molecule has 4 rings (SSSR count). The number of fused-ring (bicyclic) bond motifs is 1. The van der Waals surface area contributed by atoms with E-state index in [0.717, 1.165) is 6.33 Å². The second-order valence-corrected chi connectivity index (χ2v) is 8.11. The molecule has 164 valence electrons. The molecule has 5 N–H and O–H groups in total. The van der Waals surface area contributed by atoms with Crippen LogP contribution < -0.4 is 10.8 Å². The van der Waals surface area contributed by atoms with Crippen LogP contribution in [0.15, 0.2) is 43.0 Å². The first-order valence-electron chi connectivity index (χ1n) is 9.02. The number of hydrogen-bond acceptors (Lipinski definition) is 8. The molecule has 1 saturated heterocycles. The van der Waals surface area contributed by atoms with Crippen molar-refractivity contribution in [2.75, 3.05) is 11.9 Å². The second kappa shape index (κ2) is 8.38. The Kier molecular flexibility index (Phi) is 5.79. The lowest BCUT2D eigenvalue weighted by molar-refractivity contribution is -0.0426. The van der Waals surface area contributed by atoms with Crippen molar-refractivity contribution in [1.29, 1.82) is 0 Å². The third-order valence-corrected chi connectivity index (χ3v) is 5.14.